The third kappa shape index (κ3) is 3.43. The van der Waals surface area contributed by atoms with Crippen molar-refractivity contribution in [2.75, 3.05) is 6.61 Å². The predicted molar refractivity (Wildman–Crippen MR) is 77.4 cm³/mol. The summed E-state index contributed by atoms with van der Waals surface area (Å²) >= 11 is 0. The van der Waals surface area contributed by atoms with Gasteiger partial charge in [0.2, 0.25) is 0 Å². The van der Waals surface area contributed by atoms with E-state index in [0.717, 1.165) is 9.58 Å². The third-order valence-corrected chi connectivity index (χ3v) is 3.48. The Morgan fingerprint density at radius 2 is 2.09 bits per heavy atom. The van der Waals surface area contributed by atoms with Crippen molar-refractivity contribution < 1.29 is 20.1 Å². The van der Waals surface area contributed by atoms with Crippen LogP contribution in [0.1, 0.15) is 11.7 Å². The fourth-order valence-corrected chi connectivity index (χ4v) is 2.32. The minimum Gasteiger partial charge on any atom is -0.403 e. The van der Waals surface area contributed by atoms with Gasteiger partial charge in [-0.1, -0.05) is 0 Å². The van der Waals surface area contributed by atoms with Gasteiger partial charge in [0.25, 0.3) is 5.56 Å². The fourth-order valence-electron chi connectivity index (χ4n) is 2.32. The number of nitrogens with one attached hydrogen (secondary N) is 1. The molecule has 0 bridgehead atoms. The molecule has 128 valence electrons. The standard InChI is InChI=1S/C12H19N5O6/c13-1-2-17(14)5-16-3-6(11(21)15-12(16)22)10-9(20)8(19)7(4-18)23-10/h1-3,7-10,18-20H,4-5,13-14H2,(H,15,21,22)/b2-1-. The average Bonchev–Trinajstić information content (AvgIpc) is 2.78. The van der Waals surface area contributed by atoms with E-state index < -0.39 is 42.3 Å². The minimum atomic E-state index is -1.42. The Balaban J connectivity index is 2.36. The Hall–Kier alpha value is -2.18. The highest BCUT2D eigenvalue weighted by Gasteiger charge is 2.44. The maximum atomic E-state index is 12.0. The first kappa shape index (κ1) is 17.2. The zero-order valence-electron chi connectivity index (χ0n) is 12.1. The molecule has 0 amide bonds. The van der Waals surface area contributed by atoms with Gasteiger partial charge in [0.1, 0.15) is 31.1 Å². The lowest BCUT2D eigenvalue weighted by molar-refractivity contribution is -0.0234. The maximum absolute atomic E-state index is 12.0. The van der Waals surface area contributed by atoms with Crippen molar-refractivity contribution in [2.24, 2.45) is 11.6 Å². The summed E-state index contributed by atoms with van der Waals surface area (Å²) < 4.78 is 6.36. The van der Waals surface area contributed by atoms with E-state index in [1.54, 1.807) is 0 Å². The van der Waals surface area contributed by atoms with E-state index in [0.29, 0.717) is 0 Å². The molecule has 8 N–H and O–H groups in total. The van der Waals surface area contributed by atoms with Crippen LogP contribution in [0.2, 0.25) is 0 Å². The van der Waals surface area contributed by atoms with Gasteiger partial charge in [-0.2, -0.15) is 0 Å². The number of aromatic nitrogens is 2. The van der Waals surface area contributed by atoms with E-state index >= 15 is 0 Å². The summed E-state index contributed by atoms with van der Waals surface area (Å²) in [5, 5.41) is 29.9. The van der Waals surface area contributed by atoms with Gasteiger partial charge >= 0.3 is 5.69 Å². The average molecular weight is 329 g/mol. The second kappa shape index (κ2) is 6.93. The first-order chi connectivity index (χ1) is 10.9. The monoisotopic (exact) mass is 329 g/mol. The first-order valence-corrected chi connectivity index (χ1v) is 6.75. The Morgan fingerprint density at radius 1 is 1.39 bits per heavy atom. The van der Waals surface area contributed by atoms with Gasteiger partial charge in [0.05, 0.1) is 12.2 Å². The molecule has 1 aromatic heterocycles. The van der Waals surface area contributed by atoms with E-state index in [1.807, 2.05) is 0 Å². The zero-order chi connectivity index (χ0) is 17.1. The van der Waals surface area contributed by atoms with Gasteiger partial charge in [0, 0.05) is 18.6 Å². The molecule has 1 aromatic rings. The summed E-state index contributed by atoms with van der Waals surface area (Å²) in [5.41, 5.74) is 3.63. The number of aromatic amines is 1. The summed E-state index contributed by atoms with van der Waals surface area (Å²) in [7, 11) is 0. The van der Waals surface area contributed by atoms with Crippen LogP contribution in [0.15, 0.2) is 28.2 Å². The lowest BCUT2D eigenvalue weighted by Crippen LogP contribution is -2.39. The smallest absolute Gasteiger partial charge is 0.329 e. The highest BCUT2D eigenvalue weighted by Crippen LogP contribution is 2.31. The number of hydrogen-bond donors (Lipinski definition) is 6. The van der Waals surface area contributed by atoms with Gasteiger partial charge in [-0.3, -0.25) is 19.4 Å². The van der Waals surface area contributed by atoms with Crippen LogP contribution in [-0.4, -0.2) is 54.8 Å². The van der Waals surface area contributed by atoms with Gasteiger partial charge in [-0.25, -0.2) is 10.6 Å². The largest absolute Gasteiger partial charge is 0.403 e. The Kier molecular flexibility index (Phi) is 5.18. The number of rotatable bonds is 5. The number of aliphatic hydroxyl groups is 3. The van der Waals surface area contributed by atoms with Crippen LogP contribution in [0.5, 0.6) is 0 Å². The van der Waals surface area contributed by atoms with E-state index in [1.165, 1.54) is 18.6 Å². The van der Waals surface area contributed by atoms with Crippen molar-refractivity contribution in [3.63, 3.8) is 0 Å². The highest BCUT2D eigenvalue weighted by molar-refractivity contribution is 5.14. The summed E-state index contributed by atoms with van der Waals surface area (Å²) in [5.74, 6) is 5.58. The Labute approximate surface area is 130 Å². The van der Waals surface area contributed by atoms with Gasteiger partial charge in [-0.15, -0.1) is 0 Å². The van der Waals surface area contributed by atoms with Crippen LogP contribution < -0.4 is 22.8 Å². The van der Waals surface area contributed by atoms with Crippen LogP contribution in [0, 0.1) is 0 Å². The van der Waals surface area contributed by atoms with E-state index in [9.17, 15) is 19.8 Å². The molecular weight excluding hydrogens is 310 g/mol. The molecule has 11 heteroatoms. The molecule has 0 aliphatic carbocycles. The molecule has 1 aliphatic rings. The van der Waals surface area contributed by atoms with Crippen molar-refractivity contribution in [1.82, 2.24) is 14.6 Å². The van der Waals surface area contributed by atoms with Crippen LogP contribution in [0.3, 0.4) is 0 Å². The lowest BCUT2D eigenvalue weighted by atomic mass is 10.0. The first-order valence-electron chi connectivity index (χ1n) is 6.75. The number of ether oxygens (including phenoxy) is 1. The molecule has 1 fully saturated rings. The third-order valence-electron chi connectivity index (χ3n) is 3.48. The predicted octanol–water partition coefficient (Wildman–Crippen LogP) is -3.75. The summed E-state index contributed by atoms with van der Waals surface area (Å²) in [6.07, 6.45) is -1.33. The van der Waals surface area contributed by atoms with Crippen LogP contribution >= 0.6 is 0 Å². The normalized spacial score (nSPS) is 27.7. The van der Waals surface area contributed by atoms with E-state index in [-0.39, 0.29) is 12.2 Å². The molecule has 23 heavy (non-hydrogen) atoms. The molecule has 4 atom stereocenters. The summed E-state index contributed by atoms with van der Waals surface area (Å²) in [6, 6.07) is 0. The highest BCUT2D eigenvalue weighted by atomic mass is 16.6. The zero-order valence-corrected chi connectivity index (χ0v) is 12.1. The van der Waals surface area contributed by atoms with Crippen molar-refractivity contribution in [1.29, 1.82) is 0 Å². The van der Waals surface area contributed by atoms with Crippen molar-refractivity contribution in [3.8, 4) is 0 Å². The second-order valence-corrected chi connectivity index (χ2v) is 5.07. The number of nitrogens with two attached hydrogens (primary N) is 2. The molecule has 0 spiro atoms. The minimum absolute atomic E-state index is 0.0720. The Morgan fingerprint density at radius 3 is 2.65 bits per heavy atom. The summed E-state index contributed by atoms with van der Waals surface area (Å²) in [6.45, 7) is -0.644. The molecule has 1 aliphatic heterocycles. The molecule has 4 unspecified atom stereocenters. The van der Waals surface area contributed by atoms with Crippen molar-refractivity contribution in [2.45, 2.75) is 31.1 Å². The quantitative estimate of drug-likeness (QED) is 0.234. The molecule has 1 saturated heterocycles. The van der Waals surface area contributed by atoms with E-state index in [2.05, 4.69) is 4.98 Å². The number of hydrazine groups is 1. The number of H-pyrrole nitrogens is 1. The molecule has 0 saturated carbocycles. The van der Waals surface area contributed by atoms with Gasteiger partial charge in [0.15, 0.2) is 0 Å². The Bertz CT molecular complexity index is 685. The molecule has 11 nitrogen and oxygen atoms in total. The van der Waals surface area contributed by atoms with E-state index in [4.69, 9.17) is 21.4 Å². The SMILES string of the molecule is N/C=C\N(N)Cn1cc(C2OC(CO)C(O)C2O)c(=O)[nH]c1=O. The molecule has 0 aromatic carbocycles. The molecule has 0 radical (unpaired) electrons. The van der Waals surface area contributed by atoms with Crippen molar-refractivity contribution >= 4 is 0 Å². The van der Waals surface area contributed by atoms with Crippen LogP contribution in [0.4, 0.5) is 0 Å². The fraction of sp³-hybridized carbons (Fsp3) is 0.500. The van der Waals surface area contributed by atoms with Crippen LogP contribution in [0.25, 0.3) is 0 Å². The number of aliphatic hydroxyl groups excluding tert-OH is 3. The van der Waals surface area contributed by atoms with Gasteiger partial charge in [-0.05, 0) is 0 Å². The number of nitrogens with zero attached hydrogens (tertiary/aromatic N) is 2. The number of hydrogen-bond acceptors (Lipinski definition) is 9. The molecule has 2 rings (SSSR count). The second-order valence-electron chi connectivity index (χ2n) is 5.07. The molecular formula is C12H19N5O6. The van der Waals surface area contributed by atoms with Crippen LogP contribution in [-0.2, 0) is 11.4 Å². The maximum Gasteiger partial charge on any atom is 0.329 e. The van der Waals surface area contributed by atoms with Crippen molar-refractivity contribution in [3.05, 3.63) is 45.0 Å². The summed E-state index contributed by atoms with van der Waals surface area (Å²) in [4.78, 5) is 25.8. The molecule has 2 heterocycles. The topological polar surface area (TPSA) is 180 Å². The van der Waals surface area contributed by atoms with Gasteiger partial charge < -0.3 is 25.8 Å². The lowest BCUT2D eigenvalue weighted by Gasteiger charge is -2.18.